The Hall–Kier alpha value is -1.87. The first-order chi connectivity index (χ1) is 8.24. The van der Waals surface area contributed by atoms with E-state index < -0.39 is 0 Å². The van der Waals surface area contributed by atoms with Gasteiger partial charge in [0, 0.05) is 31.2 Å². The van der Waals surface area contributed by atoms with Gasteiger partial charge in [-0.25, -0.2) is 0 Å². The molecule has 0 unspecified atom stereocenters. The molecular weight excluding hydrogens is 210 g/mol. The van der Waals surface area contributed by atoms with Gasteiger partial charge in [-0.3, -0.25) is 9.88 Å². The van der Waals surface area contributed by atoms with Crippen LogP contribution in [-0.2, 0) is 13.1 Å². The molecule has 17 heavy (non-hydrogen) atoms. The van der Waals surface area contributed by atoms with Crippen LogP contribution in [0.5, 0.6) is 0 Å². The summed E-state index contributed by atoms with van der Waals surface area (Å²) in [6.45, 7) is 1.78. The van der Waals surface area contributed by atoms with Crippen LogP contribution in [0.15, 0.2) is 48.8 Å². The summed E-state index contributed by atoms with van der Waals surface area (Å²) in [4.78, 5) is 6.35. The molecule has 1 heterocycles. The Morgan fingerprint density at radius 2 is 1.88 bits per heavy atom. The number of nitrogens with zero attached hydrogens (tertiary/aromatic N) is 2. The van der Waals surface area contributed by atoms with Crippen molar-refractivity contribution in [2.75, 3.05) is 12.8 Å². The molecule has 2 N–H and O–H groups in total. The minimum atomic E-state index is 0.817. The van der Waals surface area contributed by atoms with Crippen molar-refractivity contribution in [3.63, 3.8) is 0 Å². The SMILES string of the molecule is CN(Cc1cccnc1)Cc1cccc(N)c1. The molecular formula is C14H17N3. The monoisotopic (exact) mass is 227 g/mol. The first-order valence-corrected chi connectivity index (χ1v) is 5.66. The number of benzene rings is 1. The molecule has 0 atom stereocenters. The second kappa shape index (κ2) is 5.46. The largest absolute Gasteiger partial charge is 0.399 e. The third kappa shape index (κ3) is 3.57. The summed E-state index contributed by atoms with van der Waals surface area (Å²) >= 11 is 0. The number of hydrogen-bond acceptors (Lipinski definition) is 3. The highest BCUT2D eigenvalue weighted by atomic mass is 15.1. The minimum absolute atomic E-state index is 0.817. The lowest BCUT2D eigenvalue weighted by atomic mass is 10.2. The Morgan fingerprint density at radius 3 is 2.59 bits per heavy atom. The predicted octanol–water partition coefficient (Wildman–Crippen LogP) is 2.30. The van der Waals surface area contributed by atoms with Crippen molar-refractivity contribution in [3.05, 3.63) is 59.9 Å². The van der Waals surface area contributed by atoms with E-state index in [9.17, 15) is 0 Å². The van der Waals surface area contributed by atoms with Crippen LogP contribution in [0.3, 0.4) is 0 Å². The van der Waals surface area contributed by atoms with Gasteiger partial charge in [-0.05, 0) is 36.4 Å². The number of nitrogens with two attached hydrogens (primary N) is 1. The van der Waals surface area contributed by atoms with Crippen LogP contribution in [0.1, 0.15) is 11.1 Å². The molecule has 0 amide bonds. The van der Waals surface area contributed by atoms with Gasteiger partial charge in [-0.1, -0.05) is 18.2 Å². The summed E-state index contributed by atoms with van der Waals surface area (Å²) in [5.74, 6) is 0. The maximum absolute atomic E-state index is 5.76. The lowest BCUT2D eigenvalue weighted by molar-refractivity contribution is 0.319. The van der Waals surface area contributed by atoms with Crippen molar-refractivity contribution in [1.82, 2.24) is 9.88 Å². The third-order valence-electron chi connectivity index (χ3n) is 2.58. The Morgan fingerprint density at radius 1 is 1.12 bits per heavy atom. The number of nitrogen functional groups attached to an aromatic ring is 1. The Bertz CT molecular complexity index is 468. The van der Waals surface area contributed by atoms with E-state index in [1.54, 1.807) is 6.20 Å². The molecule has 2 aromatic rings. The molecule has 2 rings (SSSR count). The van der Waals surface area contributed by atoms with Crippen molar-refractivity contribution < 1.29 is 0 Å². The Balaban J connectivity index is 1.96. The molecule has 0 saturated heterocycles. The molecule has 0 radical (unpaired) electrons. The smallest absolute Gasteiger partial charge is 0.0317 e. The zero-order valence-corrected chi connectivity index (χ0v) is 10.0. The van der Waals surface area contributed by atoms with Crippen LogP contribution in [0.25, 0.3) is 0 Å². The maximum atomic E-state index is 5.76. The van der Waals surface area contributed by atoms with E-state index in [1.807, 2.05) is 30.5 Å². The van der Waals surface area contributed by atoms with Gasteiger partial charge in [0.05, 0.1) is 0 Å². The molecule has 0 fully saturated rings. The summed E-state index contributed by atoms with van der Waals surface area (Å²) in [6.07, 6.45) is 3.69. The normalized spacial score (nSPS) is 10.7. The van der Waals surface area contributed by atoms with Gasteiger partial charge in [-0.15, -0.1) is 0 Å². The molecule has 0 bridgehead atoms. The molecule has 0 aliphatic heterocycles. The van der Waals surface area contributed by atoms with Crippen LogP contribution in [0.4, 0.5) is 5.69 Å². The molecule has 1 aromatic carbocycles. The summed E-state index contributed by atoms with van der Waals surface area (Å²) in [6, 6.07) is 12.1. The average molecular weight is 227 g/mol. The Kier molecular flexibility index (Phi) is 3.73. The highest BCUT2D eigenvalue weighted by molar-refractivity contribution is 5.40. The van der Waals surface area contributed by atoms with E-state index in [-0.39, 0.29) is 0 Å². The molecule has 0 aliphatic carbocycles. The first kappa shape index (κ1) is 11.6. The lowest BCUT2D eigenvalue weighted by Gasteiger charge is -2.16. The number of rotatable bonds is 4. The summed E-state index contributed by atoms with van der Waals surface area (Å²) in [5, 5.41) is 0. The van der Waals surface area contributed by atoms with E-state index in [0.717, 1.165) is 18.8 Å². The summed E-state index contributed by atoms with van der Waals surface area (Å²) < 4.78 is 0. The first-order valence-electron chi connectivity index (χ1n) is 5.66. The predicted molar refractivity (Wildman–Crippen MR) is 70.3 cm³/mol. The zero-order valence-electron chi connectivity index (χ0n) is 10.0. The van der Waals surface area contributed by atoms with Crippen molar-refractivity contribution in [2.45, 2.75) is 13.1 Å². The molecule has 0 spiro atoms. The van der Waals surface area contributed by atoms with Gasteiger partial charge < -0.3 is 5.73 Å². The number of pyridine rings is 1. The number of hydrogen-bond donors (Lipinski definition) is 1. The van der Waals surface area contributed by atoms with E-state index in [2.05, 4.69) is 29.1 Å². The van der Waals surface area contributed by atoms with E-state index >= 15 is 0 Å². The zero-order chi connectivity index (χ0) is 12.1. The highest BCUT2D eigenvalue weighted by Gasteiger charge is 2.02. The maximum Gasteiger partial charge on any atom is 0.0317 e. The van der Waals surface area contributed by atoms with Crippen molar-refractivity contribution in [1.29, 1.82) is 0 Å². The minimum Gasteiger partial charge on any atom is -0.399 e. The van der Waals surface area contributed by atoms with Crippen molar-refractivity contribution in [2.24, 2.45) is 0 Å². The van der Waals surface area contributed by atoms with Gasteiger partial charge in [0.1, 0.15) is 0 Å². The fourth-order valence-electron chi connectivity index (χ4n) is 1.86. The van der Waals surface area contributed by atoms with E-state index in [1.165, 1.54) is 11.1 Å². The molecule has 3 nitrogen and oxygen atoms in total. The number of anilines is 1. The second-order valence-electron chi connectivity index (χ2n) is 4.28. The van der Waals surface area contributed by atoms with Crippen molar-refractivity contribution in [3.8, 4) is 0 Å². The third-order valence-corrected chi connectivity index (χ3v) is 2.58. The van der Waals surface area contributed by atoms with Gasteiger partial charge in [0.15, 0.2) is 0 Å². The number of aromatic nitrogens is 1. The fourth-order valence-corrected chi connectivity index (χ4v) is 1.86. The van der Waals surface area contributed by atoms with Gasteiger partial charge in [0.25, 0.3) is 0 Å². The van der Waals surface area contributed by atoms with Crippen LogP contribution in [0, 0.1) is 0 Å². The fraction of sp³-hybridized carbons (Fsp3) is 0.214. The average Bonchev–Trinajstić information content (AvgIpc) is 2.30. The molecule has 3 heteroatoms. The van der Waals surface area contributed by atoms with E-state index in [0.29, 0.717) is 0 Å². The quantitative estimate of drug-likeness (QED) is 0.815. The second-order valence-corrected chi connectivity index (χ2v) is 4.28. The van der Waals surface area contributed by atoms with E-state index in [4.69, 9.17) is 5.73 Å². The molecule has 0 aliphatic rings. The van der Waals surface area contributed by atoms with Crippen molar-refractivity contribution >= 4 is 5.69 Å². The van der Waals surface area contributed by atoms with Gasteiger partial charge in [-0.2, -0.15) is 0 Å². The van der Waals surface area contributed by atoms with Crippen LogP contribution in [0.2, 0.25) is 0 Å². The molecule has 1 aromatic heterocycles. The highest BCUT2D eigenvalue weighted by Crippen LogP contribution is 2.10. The molecule has 88 valence electrons. The van der Waals surface area contributed by atoms with Crippen LogP contribution < -0.4 is 5.73 Å². The summed E-state index contributed by atoms with van der Waals surface area (Å²) in [7, 11) is 2.09. The molecule has 0 saturated carbocycles. The van der Waals surface area contributed by atoms with Crippen LogP contribution >= 0.6 is 0 Å². The topological polar surface area (TPSA) is 42.2 Å². The van der Waals surface area contributed by atoms with Crippen LogP contribution in [-0.4, -0.2) is 16.9 Å². The summed E-state index contributed by atoms with van der Waals surface area (Å²) in [5.41, 5.74) is 9.03. The Labute approximate surface area is 102 Å². The van der Waals surface area contributed by atoms with Gasteiger partial charge in [0.2, 0.25) is 0 Å². The van der Waals surface area contributed by atoms with Gasteiger partial charge >= 0.3 is 0 Å². The lowest BCUT2D eigenvalue weighted by Crippen LogP contribution is -2.17. The standard InChI is InChI=1S/C14H17N3/c1-17(11-13-5-3-7-16-9-13)10-12-4-2-6-14(15)8-12/h2-9H,10-11,15H2,1H3.